The molecule has 2 aromatic rings. The number of allylic oxidation sites excluding steroid dienone is 2. The van der Waals surface area contributed by atoms with Crippen LogP contribution in [0.15, 0.2) is 30.0 Å². The van der Waals surface area contributed by atoms with Crippen LogP contribution in [0, 0.1) is 0 Å². The zero-order valence-electron chi connectivity index (χ0n) is 23.8. The smallest absolute Gasteiger partial charge is 0.238 e. The highest BCUT2D eigenvalue weighted by atomic mass is 16.3. The first-order chi connectivity index (χ1) is 19.4. The van der Waals surface area contributed by atoms with Crippen LogP contribution in [-0.2, 0) is 22.4 Å². The normalized spacial score (nSPS) is 17.9. The summed E-state index contributed by atoms with van der Waals surface area (Å²) in [5.74, 6) is -2.34. The second-order valence-corrected chi connectivity index (χ2v) is 11.3. The van der Waals surface area contributed by atoms with Gasteiger partial charge in [0.1, 0.15) is 30.3 Å². The number of Topliss-reactive ketones (excluding diaryl/α,β-unsaturated/α-hetero) is 2. The van der Waals surface area contributed by atoms with Crippen LogP contribution in [-0.4, -0.2) is 53.1 Å². The lowest BCUT2D eigenvalue weighted by molar-refractivity contribution is -0.129. The van der Waals surface area contributed by atoms with Crippen molar-refractivity contribution in [3.8, 4) is 11.5 Å². The molecule has 0 atom stereocenters. The predicted octanol–water partition coefficient (Wildman–Crippen LogP) is 3.94. The summed E-state index contributed by atoms with van der Waals surface area (Å²) < 4.78 is 2.25. The summed E-state index contributed by atoms with van der Waals surface area (Å²) in [7, 11) is 0. The van der Waals surface area contributed by atoms with Crippen molar-refractivity contribution < 1.29 is 24.9 Å². The van der Waals surface area contributed by atoms with Crippen LogP contribution in [0.25, 0.3) is 11.1 Å². The highest BCUT2D eigenvalue weighted by Crippen LogP contribution is 2.43. The molecule has 212 valence electrons. The molecule has 3 N–H and O–H groups in total. The Morgan fingerprint density at radius 1 is 0.775 bits per heavy atom. The molecule has 2 heterocycles. The van der Waals surface area contributed by atoms with E-state index in [0.29, 0.717) is 12.8 Å². The maximum absolute atomic E-state index is 13.2. The maximum atomic E-state index is 13.2. The number of phenolic OH excluding ortho intramolecular Hbond substituents is 2. The number of rotatable bonds is 11. The number of nitrogens with zero attached hydrogens (tertiary/aromatic N) is 2. The molecule has 1 aliphatic carbocycles. The van der Waals surface area contributed by atoms with Gasteiger partial charge in [-0.25, -0.2) is 4.58 Å². The molecule has 0 amide bonds. The molecule has 0 fully saturated rings. The fourth-order valence-electron chi connectivity index (χ4n) is 6.46. The number of carbonyl (C=O) groups excluding carboxylic acids is 2. The lowest BCUT2D eigenvalue weighted by atomic mass is 9.98. The Balaban J connectivity index is 1.51. The number of phenols is 2. The fourth-order valence-corrected chi connectivity index (χ4v) is 6.46. The van der Waals surface area contributed by atoms with Crippen LogP contribution in [0.3, 0.4) is 0 Å². The number of carbonyl (C=O) groups is 2. The molecule has 5 rings (SSSR count). The van der Waals surface area contributed by atoms with Crippen LogP contribution in [0.5, 0.6) is 11.5 Å². The van der Waals surface area contributed by atoms with Crippen molar-refractivity contribution in [2.45, 2.75) is 78.1 Å². The van der Waals surface area contributed by atoms with Crippen molar-refractivity contribution in [3.05, 3.63) is 57.3 Å². The maximum Gasteiger partial charge on any atom is 0.238 e. The van der Waals surface area contributed by atoms with E-state index in [-0.39, 0.29) is 33.4 Å². The Bertz CT molecular complexity index is 1500. The van der Waals surface area contributed by atoms with Crippen LogP contribution in [0.1, 0.15) is 81.9 Å². The van der Waals surface area contributed by atoms with Crippen LogP contribution < -0.4 is 20.1 Å². The van der Waals surface area contributed by atoms with E-state index < -0.39 is 17.3 Å². The van der Waals surface area contributed by atoms with Gasteiger partial charge in [0.25, 0.3) is 0 Å². The number of aliphatic hydroxyl groups is 1. The van der Waals surface area contributed by atoms with Gasteiger partial charge in [-0.3, -0.25) is 9.59 Å². The number of unbranched alkanes of at least 4 members (excludes halogenated alkanes) is 6. The first-order valence-corrected chi connectivity index (χ1v) is 15.0. The number of hydrogen-bond acceptors (Lipinski definition) is 6. The predicted molar refractivity (Wildman–Crippen MR) is 157 cm³/mol. The second-order valence-electron chi connectivity index (χ2n) is 11.3. The molecule has 0 bridgehead atoms. The number of benzene rings is 2. The van der Waals surface area contributed by atoms with Gasteiger partial charge in [0.2, 0.25) is 16.9 Å². The molecule has 7 heteroatoms. The topological polar surface area (TPSA) is 101 Å². The van der Waals surface area contributed by atoms with Crippen LogP contribution in [0.4, 0.5) is 5.69 Å². The van der Waals surface area contributed by atoms with Crippen LogP contribution in [0.2, 0.25) is 0 Å². The third-order valence-corrected chi connectivity index (χ3v) is 8.70. The summed E-state index contributed by atoms with van der Waals surface area (Å²) in [4.78, 5) is 28.6. The molecular weight excluding hydrogens is 504 g/mol. The van der Waals surface area contributed by atoms with Gasteiger partial charge in [-0.1, -0.05) is 46.0 Å². The van der Waals surface area contributed by atoms with Gasteiger partial charge in [-0.05, 0) is 37.5 Å². The largest absolute Gasteiger partial charge is 0.507 e. The van der Waals surface area contributed by atoms with Crippen LogP contribution >= 0.6 is 0 Å². The lowest BCUT2D eigenvalue weighted by Gasteiger charge is -2.20. The lowest BCUT2D eigenvalue weighted by Crippen LogP contribution is -2.28. The number of ketones is 2. The highest BCUT2D eigenvalue weighted by Gasteiger charge is 2.40. The second kappa shape index (κ2) is 11.9. The minimum absolute atomic E-state index is 0.0607. The average Bonchev–Trinajstić information content (AvgIpc) is 3.62. The highest BCUT2D eigenvalue weighted by molar-refractivity contribution is 6.70. The third-order valence-electron chi connectivity index (χ3n) is 8.70. The van der Waals surface area contributed by atoms with Crippen molar-refractivity contribution in [2.75, 3.05) is 31.1 Å². The molecule has 7 nitrogen and oxygen atoms in total. The Morgan fingerprint density at radius 3 is 2.25 bits per heavy atom. The van der Waals surface area contributed by atoms with Crippen molar-refractivity contribution >= 4 is 28.4 Å². The summed E-state index contributed by atoms with van der Waals surface area (Å²) >= 11 is 0. The third kappa shape index (κ3) is 4.91. The average molecular weight is 546 g/mol. The standard InChI is InChI=1S/C33H40N2O5/c1-3-5-7-9-17-34-19-15-21-25(34)13-11-23(29(21)36)27-31(38)28(33(40)32(27)39)24-12-14-26-22(30(24)37)16-20-35(26)18-10-8-6-4-2/h11-14H,3-10,15-20H2,1-2H3,(H2,36,37,38,39,40)/p+1. The Morgan fingerprint density at radius 2 is 1.50 bits per heavy atom. The monoisotopic (exact) mass is 545 g/mol. The fraction of sp³-hybridized carbons (Fsp3) is 0.485. The van der Waals surface area contributed by atoms with Gasteiger partial charge < -0.3 is 20.2 Å². The summed E-state index contributed by atoms with van der Waals surface area (Å²) in [6.07, 6.45) is 10.5. The summed E-state index contributed by atoms with van der Waals surface area (Å²) in [6.45, 7) is 7.75. The quantitative estimate of drug-likeness (QED) is 0.225. The van der Waals surface area contributed by atoms with Crippen molar-refractivity contribution in [1.82, 2.24) is 4.58 Å². The minimum Gasteiger partial charge on any atom is -0.507 e. The Labute approximate surface area is 235 Å². The molecule has 0 saturated heterocycles. The van der Waals surface area contributed by atoms with E-state index in [0.717, 1.165) is 74.0 Å². The SMILES string of the molecule is CCCCCCN1CCc2c1ccc(C1=C(O)/C(=c3\ccc4c(c3O)CC[N+]=4CCCCCC)C(=O)C1=O)c2O. The molecule has 0 radical (unpaired) electrons. The van der Waals surface area contributed by atoms with E-state index in [1.807, 2.05) is 12.1 Å². The minimum atomic E-state index is -0.866. The summed E-state index contributed by atoms with van der Waals surface area (Å²) in [5.41, 5.74) is 2.19. The molecule has 2 aliphatic heterocycles. The number of aliphatic hydroxyl groups excluding tert-OH is 1. The molecule has 0 unspecified atom stereocenters. The molecular formula is C33H41N2O5+. The Kier molecular flexibility index (Phi) is 8.29. The molecule has 0 saturated carbocycles. The van der Waals surface area contributed by atoms with Gasteiger partial charge in [0.05, 0.1) is 16.7 Å². The molecule has 40 heavy (non-hydrogen) atoms. The van der Waals surface area contributed by atoms with Crippen molar-refractivity contribution in [1.29, 1.82) is 0 Å². The van der Waals surface area contributed by atoms with Gasteiger partial charge in [0.15, 0.2) is 0 Å². The number of anilines is 1. The van der Waals surface area contributed by atoms with E-state index in [1.165, 1.54) is 25.7 Å². The van der Waals surface area contributed by atoms with E-state index >= 15 is 0 Å². The molecule has 2 aromatic carbocycles. The zero-order chi connectivity index (χ0) is 28.4. The van der Waals surface area contributed by atoms with E-state index in [2.05, 4.69) is 23.3 Å². The Hall–Kier alpha value is -3.61. The van der Waals surface area contributed by atoms with Gasteiger partial charge in [-0.15, -0.1) is 0 Å². The van der Waals surface area contributed by atoms with E-state index in [1.54, 1.807) is 12.1 Å². The summed E-state index contributed by atoms with van der Waals surface area (Å²) in [5, 5.41) is 34.7. The van der Waals surface area contributed by atoms with Gasteiger partial charge >= 0.3 is 0 Å². The number of hydrogen-bond donors (Lipinski definition) is 3. The molecule has 0 spiro atoms. The van der Waals surface area contributed by atoms with Crippen molar-refractivity contribution in [2.24, 2.45) is 0 Å². The molecule has 3 aliphatic rings. The zero-order valence-corrected chi connectivity index (χ0v) is 23.8. The van der Waals surface area contributed by atoms with E-state index in [9.17, 15) is 24.9 Å². The summed E-state index contributed by atoms with van der Waals surface area (Å²) in [6, 6.07) is 6.98. The first kappa shape index (κ1) is 27.9. The van der Waals surface area contributed by atoms with E-state index in [4.69, 9.17) is 0 Å². The van der Waals surface area contributed by atoms with Gasteiger partial charge in [-0.2, -0.15) is 0 Å². The van der Waals surface area contributed by atoms with Gasteiger partial charge in [0, 0.05) is 54.0 Å². The van der Waals surface area contributed by atoms with Crippen molar-refractivity contribution in [3.63, 3.8) is 0 Å². The first-order valence-electron chi connectivity index (χ1n) is 15.0. The number of fused-ring (bicyclic) bond motifs is 2. The molecule has 0 aromatic heterocycles. The number of aromatic hydroxyl groups is 2.